The fourth-order valence-electron chi connectivity index (χ4n) is 3.35. The lowest BCUT2D eigenvalue weighted by Crippen LogP contribution is -2.35. The van der Waals surface area contributed by atoms with E-state index in [-0.39, 0.29) is 23.8 Å². The molecule has 15 nitrogen and oxygen atoms in total. The Hall–Kier alpha value is -3.04. The lowest BCUT2D eigenvalue weighted by atomic mass is 10.1. The molecule has 1 unspecified atom stereocenters. The van der Waals surface area contributed by atoms with Crippen LogP contribution in [0.3, 0.4) is 0 Å². The van der Waals surface area contributed by atoms with Crippen LogP contribution < -0.4 is 14.8 Å². The fraction of sp³-hybridized carbons (Fsp3) is 0.389. The number of phenols is 1. The molecular formula is C18H22N5O10P. The number of nitrogens with zero attached hydrogens (tertiary/aromatic N) is 3. The number of benzene rings is 1. The first-order chi connectivity index (χ1) is 16.2. The first kappa shape index (κ1) is 24.1. The molecule has 0 bridgehead atoms. The monoisotopic (exact) mass is 499 g/mol. The van der Waals surface area contributed by atoms with Crippen LogP contribution in [0.15, 0.2) is 24.8 Å². The lowest BCUT2D eigenvalue weighted by molar-refractivity contribution is -0.116. The average Bonchev–Trinajstić information content (AvgIpc) is 3.38. The highest BCUT2D eigenvalue weighted by atomic mass is 31.2. The Kier molecular flexibility index (Phi) is 6.86. The number of hydrogen-bond acceptors (Lipinski definition) is 12. The van der Waals surface area contributed by atoms with Crippen molar-refractivity contribution in [2.75, 3.05) is 19.0 Å². The molecule has 1 aliphatic heterocycles. The van der Waals surface area contributed by atoms with E-state index in [1.165, 1.54) is 31.9 Å². The number of imidazole rings is 1. The van der Waals surface area contributed by atoms with Gasteiger partial charge in [0.25, 0.3) is 0 Å². The minimum absolute atomic E-state index is 0.00505. The number of aromatic nitrogens is 4. The van der Waals surface area contributed by atoms with Gasteiger partial charge in [-0.05, 0) is 12.1 Å². The number of ether oxygens (including phenoxy) is 3. The van der Waals surface area contributed by atoms with E-state index in [4.69, 9.17) is 24.0 Å². The smallest absolute Gasteiger partial charge is 0.469 e. The van der Waals surface area contributed by atoms with Gasteiger partial charge in [0.15, 0.2) is 23.0 Å². The van der Waals surface area contributed by atoms with E-state index in [1.54, 1.807) is 0 Å². The highest BCUT2D eigenvalue weighted by Gasteiger charge is 2.45. The summed E-state index contributed by atoms with van der Waals surface area (Å²) in [6, 6.07) is 3.00. The topological polar surface area (TPSA) is 222 Å². The molecule has 7 N–H and O–H groups in total. The number of aliphatic hydroxyl groups excluding tert-OH is 2. The Morgan fingerprint density at radius 1 is 1.21 bits per heavy atom. The summed E-state index contributed by atoms with van der Waals surface area (Å²) in [4.78, 5) is 32.8. The fourth-order valence-corrected chi connectivity index (χ4v) is 3.69. The normalized spacial score (nSPS) is 22.7. The maximum absolute atomic E-state index is 10.9. The number of aromatic amines is 1. The molecule has 4 rings (SSSR count). The number of anilines is 1. The summed E-state index contributed by atoms with van der Waals surface area (Å²) < 4.78 is 31.3. The Morgan fingerprint density at radius 3 is 2.74 bits per heavy atom. The van der Waals surface area contributed by atoms with E-state index in [9.17, 15) is 19.9 Å². The van der Waals surface area contributed by atoms with Gasteiger partial charge >= 0.3 is 7.82 Å². The maximum atomic E-state index is 10.9. The molecule has 16 heteroatoms. The van der Waals surface area contributed by atoms with Gasteiger partial charge < -0.3 is 49.6 Å². The molecule has 34 heavy (non-hydrogen) atoms. The van der Waals surface area contributed by atoms with Crippen molar-refractivity contribution in [1.82, 2.24) is 19.9 Å². The van der Waals surface area contributed by atoms with Crippen molar-refractivity contribution in [3.8, 4) is 17.2 Å². The van der Waals surface area contributed by atoms with Crippen molar-refractivity contribution in [3.05, 3.63) is 30.4 Å². The number of phosphoric ester groups is 1. The molecule has 0 radical (unpaired) electrons. The molecule has 1 fully saturated rings. The Morgan fingerprint density at radius 2 is 2.00 bits per heavy atom. The second-order valence-electron chi connectivity index (χ2n) is 7.21. The number of rotatable bonds is 9. The summed E-state index contributed by atoms with van der Waals surface area (Å²) in [6.07, 6.45) is -2.95. The Balaban J connectivity index is 1.46. The third-order valence-corrected chi connectivity index (χ3v) is 5.51. The predicted molar refractivity (Wildman–Crippen MR) is 113 cm³/mol. The minimum atomic E-state index is -4.80. The second kappa shape index (κ2) is 9.68. The second-order valence-corrected chi connectivity index (χ2v) is 8.45. The summed E-state index contributed by atoms with van der Waals surface area (Å²) in [6.45, 7) is -0.529. The molecule has 1 saturated heterocycles. The van der Waals surface area contributed by atoms with Gasteiger partial charge in [-0.2, -0.15) is 0 Å². The van der Waals surface area contributed by atoms with Crippen molar-refractivity contribution in [3.63, 3.8) is 0 Å². The number of fused-ring (bicyclic) bond motifs is 1. The largest absolute Gasteiger partial charge is 0.504 e. The molecule has 184 valence electrons. The first-order valence-electron chi connectivity index (χ1n) is 9.83. The van der Waals surface area contributed by atoms with Gasteiger partial charge in [0, 0.05) is 12.1 Å². The number of nitrogens with one attached hydrogen (secondary N) is 2. The Bertz CT molecular complexity index is 1200. The zero-order chi connectivity index (χ0) is 24.5. The van der Waals surface area contributed by atoms with Gasteiger partial charge in [0.05, 0.1) is 20.0 Å². The van der Waals surface area contributed by atoms with Crippen molar-refractivity contribution >= 4 is 24.8 Å². The highest BCUT2D eigenvalue weighted by Crippen LogP contribution is 2.41. The van der Waals surface area contributed by atoms with Gasteiger partial charge in [-0.1, -0.05) is 0 Å². The van der Waals surface area contributed by atoms with Gasteiger partial charge in [-0.15, -0.1) is 0 Å². The minimum Gasteiger partial charge on any atom is -0.504 e. The van der Waals surface area contributed by atoms with E-state index in [0.717, 1.165) is 0 Å². The highest BCUT2D eigenvalue weighted by molar-refractivity contribution is 7.46. The van der Waals surface area contributed by atoms with Gasteiger partial charge in [-0.25, -0.2) is 19.5 Å². The van der Waals surface area contributed by atoms with E-state index in [2.05, 4.69) is 29.8 Å². The number of H-pyrrole nitrogens is 1. The van der Waals surface area contributed by atoms with Crippen LogP contribution in [0.5, 0.6) is 17.2 Å². The van der Waals surface area contributed by atoms with Crippen LogP contribution in [0.25, 0.3) is 11.2 Å². The zero-order valence-electron chi connectivity index (χ0n) is 17.6. The molecule has 4 atom stereocenters. The number of phosphoric acid groups is 1. The number of hydrogen-bond donors (Lipinski definition) is 7. The molecule has 0 amide bonds. The van der Waals surface area contributed by atoms with Gasteiger partial charge in [0.2, 0.25) is 12.0 Å². The molecule has 2 aromatic heterocycles. The number of aromatic hydroxyl groups is 1. The molecule has 1 aliphatic rings. The predicted octanol–water partition coefficient (Wildman–Crippen LogP) is -0.386. The van der Waals surface area contributed by atoms with Crippen LogP contribution in [0.4, 0.5) is 5.82 Å². The molecule has 0 aliphatic carbocycles. The van der Waals surface area contributed by atoms with Crippen molar-refractivity contribution in [1.29, 1.82) is 0 Å². The van der Waals surface area contributed by atoms with Crippen LogP contribution in [-0.2, 0) is 20.4 Å². The third-order valence-electron chi connectivity index (χ3n) is 5.02. The molecule has 1 aromatic carbocycles. The van der Waals surface area contributed by atoms with Crippen LogP contribution >= 0.6 is 7.82 Å². The van der Waals surface area contributed by atoms with Gasteiger partial charge in [-0.3, -0.25) is 4.52 Å². The summed E-state index contributed by atoms with van der Waals surface area (Å²) >= 11 is 0. The Labute approximate surface area is 191 Å². The molecular weight excluding hydrogens is 477 g/mol. The standard InChI is InChI=1S/C18H22N5O10P/c1-30-15-9(32-18-14(26)13(25)10(33-18)5-31-34(27,28)29)3-2-8(12(15)24)4-19-16-11-17(21-6-20-11)23-7-22-16/h2-3,6-7,10,13-14,18,24-26H,4-5H2,1H3,(H2,27,28,29)(H2,19,20,21,22,23)/t10-,13-,14-,18?/m1/s1. The van der Waals surface area contributed by atoms with E-state index >= 15 is 0 Å². The van der Waals surface area contributed by atoms with Crippen molar-refractivity contribution in [2.45, 2.75) is 31.1 Å². The van der Waals surface area contributed by atoms with E-state index < -0.39 is 39.0 Å². The van der Waals surface area contributed by atoms with E-state index in [1.807, 2.05) is 0 Å². The lowest BCUT2D eigenvalue weighted by Gasteiger charge is -2.20. The third kappa shape index (κ3) is 5.05. The zero-order valence-corrected chi connectivity index (χ0v) is 18.5. The van der Waals surface area contributed by atoms with Crippen molar-refractivity contribution in [2.24, 2.45) is 0 Å². The molecule has 3 heterocycles. The van der Waals surface area contributed by atoms with Crippen LogP contribution in [-0.4, -0.2) is 83.4 Å². The quantitative estimate of drug-likeness (QED) is 0.186. The summed E-state index contributed by atoms with van der Waals surface area (Å²) in [5.74, 6) is 0.154. The average molecular weight is 499 g/mol. The number of methoxy groups -OCH3 is 1. The van der Waals surface area contributed by atoms with Crippen LogP contribution in [0, 0.1) is 0 Å². The molecule has 0 spiro atoms. The summed E-state index contributed by atoms with van der Waals surface area (Å²) in [5, 5.41) is 34.0. The van der Waals surface area contributed by atoms with E-state index in [0.29, 0.717) is 22.5 Å². The summed E-state index contributed by atoms with van der Waals surface area (Å²) in [5.41, 5.74) is 1.50. The number of phenolic OH excluding ortho intramolecular Hbond substituents is 1. The van der Waals surface area contributed by atoms with Crippen LogP contribution in [0.1, 0.15) is 5.56 Å². The first-order valence-corrected chi connectivity index (χ1v) is 11.4. The number of aliphatic hydroxyl groups is 2. The molecule has 0 saturated carbocycles. The SMILES string of the molecule is COc1c(OC2O[C@H](COP(=O)(O)O)[C@@H](O)[C@H]2O)ccc(CNc2ncnc3nc[nH]c23)c1O. The van der Waals surface area contributed by atoms with Gasteiger partial charge in [0.1, 0.15) is 30.2 Å². The maximum Gasteiger partial charge on any atom is 0.469 e. The van der Waals surface area contributed by atoms with Crippen LogP contribution in [0.2, 0.25) is 0 Å². The molecule has 3 aromatic rings. The van der Waals surface area contributed by atoms with Crippen molar-refractivity contribution < 1.29 is 48.4 Å². The summed E-state index contributed by atoms with van der Waals surface area (Å²) in [7, 11) is -3.50.